The summed E-state index contributed by atoms with van der Waals surface area (Å²) >= 11 is 0. The molecular weight excluding hydrogens is 254 g/mol. The van der Waals surface area contributed by atoms with Crippen LogP contribution in [-0.2, 0) is 4.74 Å². The molecule has 2 aromatic rings. The Hall–Kier alpha value is -1.88. The minimum Gasteiger partial charge on any atom is -0.399 e. The third-order valence-corrected chi connectivity index (χ3v) is 4.36. The summed E-state index contributed by atoms with van der Waals surface area (Å²) in [6, 6.07) is 5.70. The van der Waals surface area contributed by atoms with Crippen LogP contribution in [0.25, 0.3) is 11.5 Å². The van der Waals surface area contributed by atoms with Gasteiger partial charge in [-0.2, -0.15) is 4.98 Å². The molecule has 2 aliphatic heterocycles. The normalized spacial score (nSPS) is 28.1. The number of ether oxygens (including phenoxy) is 1. The van der Waals surface area contributed by atoms with Crippen molar-refractivity contribution in [3.8, 4) is 11.5 Å². The highest BCUT2D eigenvalue weighted by molar-refractivity contribution is 5.62. The lowest BCUT2D eigenvalue weighted by Crippen LogP contribution is -2.15. The zero-order chi connectivity index (χ0) is 13.7. The number of fused-ring (bicyclic) bond motifs is 2. The molecule has 2 fully saturated rings. The van der Waals surface area contributed by atoms with E-state index in [-0.39, 0.29) is 6.10 Å². The average Bonchev–Trinajstić information content (AvgIpc) is 3.14. The van der Waals surface area contributed by atoms with Crippen molar-refractivity contribution < 1.29 is 9.26 Å². The lowest BCUT2D eigenvalue weighted by molar-refractivity contribution is 0.0996. The summed E-state index contributed by atoms with van der Waals surface area (Å²) in [6.07, 6.45) is 3.97. The van der Waals surface area contributed by atoms with Gasteiger partial charge >= 0.3 is 0 Å². The van der Waals surface area contributed by atoms with E-state index in [0.29, 0.717) is 17.9 Å². The second kappa shape index (κ2) is 4.31. The smallest absolute Gasteiger partial charge is 0.258 e. The third-order valence-electron chi connectivity index (χ3n) is 4.36. The molecule has 0 amide bonds. The maximum Gasteiger partial charge on any atom is 0.258 e. The molecule has 0 saturated carbocycles. The third kappa shape index (κ3) is 1.81. The van der Waals surface area contributed by atoms with Crippen LogP contribution in [0, 0.1) is 6.92 Å². The summed E-state index contributed by atoms with van der Waals surface area (Å²) in [6.45, 7) is 2.00. The Bertz CT molecular complexity index is 652. The second-order valence-corrected chi connectivity index (χ2v) is 5.75. The first-order valence-corrected chi connectivity index (χ1v) is 7.06. The van der Waals surface area contributed by atoms with E-state index in [2.05, 4.69) is 10.1 Å². The predicted molar refractivity (Wildman–Crippen MR) is 74.1 cm³/mol. The molecule has 20 heavy (non-hydrogen) atoms. The van der Waals surface area contributed by atoms with Crippen LogP contribution in [-0.4, -0.2) is 22.3 Å². The lowest BCUT2D eigenvalue weighted by Gasteiger charge is -2.13. The number of nitrogens with two attached hydrogens (primary N) is 1. The van der Waals surface area contributed by atoms with Crippen LogP contribution in [0.5, 0.6) is 0 Å². The molecule has 0 radical (unpaired) electrons. The maximum atomic E-state index is 5.86. The van der Waals surface area contributed by atoms with Crippen LogP contribution in [0.1, 0.15) is 36.6 Å². The fourth-order valence-electron chi connectivity index (χ4n) is 3.33. The van der Waals surface area contributed by atoms with Crippen LogP contribution in [0.2, 0.25) is 0 Å². The number of aromatic nitrogens is 2. The van der Waals surface area contributed by atoms with Gasteiger partial charge in [0.15, 0.2) is 5.82 Å². The van der Waals surface area contributed by atoms with Gasteiger partial charge in [-0.05, 0) is 49.9 Å². The summed E-state index contributed by atoms with van der Waals surface area (Å²) < 4.78 is 11.3. The van der Waals surface area contributed by atoms with E-state index in [1.54, 1.807) is 0 Å². The first-order valence-electron chi connectivity index (χ1n) is 7.06. The van der Waals surface area contributed by atoms with Crippen molar-refractivity contribution in [2.75, 3.05) is 5.73 Å². The number of benzene rings is 1. The van der Waals surface area contributed by atoms with Crippen molar-refractivity contribution in [1.29, 1.82) is 0 Å². The van der Waals surface area contributed by atoms with Crippen LogP contribution >= 0.6 is 0 Å². The number of anilines is 1. The standard InChI is InChI=1S/C15H17N3O2/c1-8-6-9(16)2-4-11(8)15-17-14(18-20-15)12-7-10-3-5-13(12)19-10/h2,4,6,10,12-13H,3,5,7,16H2,1H3. The van der Waals surface area contributed by atoms with Gasteiger partial charge in [0.2, 0.25) is 0 Å². The summed E-state index contributed by atoms with van der Waals surface area (Å²) in [7, 11) is 0. The maximum absolute atomic E-state index is 5.86. The van der Waals surface area contributed by atoms with Crippen molar-refractivity contribution >= 4 is 5.69 Å². The molecule has 3 atom stereocenters. The molecule has 2 aliphatic rings. The van der Waals surface area contributed by atoms with Crippen molar-refractivity contribution in [3.05, 3.63) is 29.6 Å². The summed E-state index contributed by atoms with van der Waals surface area (Å²) in [5.74, 6) is 1.64. The largest absolute Gasteiger partial charge is 0.399 e. The first-order chi connectivity index (χ1) is 9.70. The van der Waals surface area contributed by atoms with Gasteiger partial charge in [0, 0.05) is 11.3 Å². The number of aryl methyl sites for hydroxylation is 1. The monoisotopic (exact) mass is 271 g/mol. The average molecular weight is 271 g/mol. The quantitative estimate of drug-likeness (QED) is 0.850. The fourth-order valence-corrected chi connectivity index (χ4v) is 3.33. The van der Waals surface area contributed by atoms with Crippen molar-refractivity contribution in [1.82, 2.24) is 10.1 Å². The van der Waals surface area contributed by atoms with E-state index in [1.807, 2.05) is 25.1 Å². The molecule has 2 bridgehead atoms. The molecule has 0 spiro atoms. The molecule has 5 nitrogen and oxygen atoms in total. The highest BCUT2D eigenvalue weighted by Crippen LogP contribution is 2.43. The Labute approximate surface area is 117 Å². The van der Waals surface area contributed by atoms with E-state index >= 15 is 0 Å². The molecule has 3 heterocycles. The van der Waals surface area contributed by atoms with E-state index in [9.17, 15) is 0 Å². The molecule has 3 unspecified atom stereocenters. The Balaban J connectivity index is 1.65. The molecular formula is C15H17N3O2. The molecule has 5 heteroatoms. The molecule has 2 saturated heterocycles. The highest BCUT2D eigenvalue weighted by Gasteiger charge is 2.43. The predicted octanol–water partition coefficient (Wildman–Crippen LogP) is 2.66. The Morgan fingerprint density at radius 1 is 1.30 bits per heavy atom. The SMILES string of the molecule is Cc1cc(N)ccc1-c1nc(C2CC3CCC2O3)no1. The zero-order valence-electron chi connectivity index (χ0n) is 11.4. The van der Waals surface area contributed by atoms with Gasteiger partial charge in [0.1, 0.15) is 0 Å². The van der Waals surface area contributed by atoms with Crippen LogP contribution < -0.4 is 5.73 Å². The Kier molecular flexibility index (Phi) is 2.57. The van der Waals surface area contributed by atoms with Crippen molar-refractivity contribution in [2.24, 2.45) is 0 Å². The van der Waals surface area contributed by atoms with Gasteiger partial charge in [-0.3, -0.25) is 0 Å². The van der Waals surface area contributed by atoms with Crippen LogP contribution in [0.4, 0.5) is 5.69 Å². The van der Waals surface area contributed by atoms with Gasteiger partial charge in [-0.15, -0.1) is 0 Å². The highest BCUT2D eigenvalue weighted by atomic mass is 16.5. The molecule has 4 rings (SSSR count). The van der Waals surface area contributed by atoms with Gasteiger partial charge in [0.25, 0.3) is 5.89 Å². The van der Waals surface area contributed by atoms with Gasteiger partial charge in [-0.25, -0.2) is 0 Å². The van der Waals surface area contributed by atoms with Gasteiger partial charge in [-0.1, -0.05) is 5.16 Å². The summed E-state index contributed by atoms with van der Waals surface area (Å²) in [5, 5.41) is 4.16. The zero-order valence-corrected chi connectivity index (χ0v) is 11.4. The molecule has 0 aliphatic carbocycles. The summed E-state index contributed by atoms with van der Waals surface area (Å²) in [4.78, 5) is 4.57. The number of nitrogens with zero attached hydrogens (tertiary/aromatic N) is 2. The number of hydrogen-bond donors (Lipinski definition) is 1. The van der Waals surface area contributed by atoms with E-state index in [0.717, 1.165) is 35.5 Å². The summed E-state index contributed by atoms with van der Waals surface area (Å²) in [5.41, 5.74) is 8.50. The number of hydrogen-bond acceptors (Lipinski definition) is 5. The van der Waals surface area contributed by atoms with E-state index in [1.165, 1.54) is 6.42 Å². The lowest BCUT2D eigenvalue weighted by atomic mass is 9.89. The van der Waals surface area contributed by atoms with Crippen LogP contribution in [0.15, 0.2) is 22.7 Å². The molecule has 1 aromatic heterocycles. The topological polar surface area (TPSA) is 74.2 Å². The van der Waals surface area contributed by atoms with Crippen LogP contribution in [0.3, 0.4) is 0 Å². The number of nitrogen functional groups attached to an aromatic ring is 1. The van der Waals surface area contributed by atoms with Gasteiger partial charge < -0.3 is 15.0 Å². The first kappa shape index (κ1) is 11.9. The van der Waals surface area contributed by atoms with E-state index in [4.69, 9.17) is 15.0 Å². The van der Waals surface area contributed by atoms with Gasteiger partial charge in [0.05, 0.1) is 18.1 Å². The Morgan fingerprint density at radius 2 is 2.20 bits per heavy atom. The van der Waals surface area contributed by atoms with Crippen molar-refractivity contribution in [2.45, 2.75) is 44.3 Å². The van der Waals surface area contributed by atoms with E-state index < -0.39 is 0 Å². The molecule has 1 aromatic carbocycles. The fraction of sp³-hybridized carbons (Fsp3) is 0.467. The minimum atomic E-state index is 0.276. The molecule has 104 valence electrons. The Morgan fingerprint density at radius 3 is 2.90 bits per heavy atom. The second-order valence-electron chi connectivity index (χ2n) is 5.75. The molecule has 2 N–H and O–H groups in total. The number of rotatable bonds is 2. The minimum absolute atomic E-state index is 0.276. The van der Waals surface area contributed by atoms with Crippen molar-refractivity contribution in [3.63, 3.8) is 0 Å².